The number of carboxylic acid groups (broad SMARTS) is 1. The highest BCUT2D eigenvalue weighted by atomic mass is 35.5. The number of ether oxygens (including phenoxy) is 3. The van der Waals surface area contributed by atoms with Gasteiger partial charge in [0.25, 0.3) is 0 Å². The highest BCUT2D eigenvalue weighted by molar-refractivity contribution is 6.31. The molecule has 2 aliphatic rings. The summed E-state index contributed by atoms with van der Waals surface area (Å²) in [4.78, 5) is 24.1. The van der Waals surface area contributed by atoms with Gasteiger partial charge in [-0.25, -0.2) is 9.59 Å². The number of aliphatic carboxylic acids is 1. The summed E-state index contributed by atoms with van der Waals surface area (Å²) in [5.41, 5.74) is 1.87. The molecule has 0 spiro atoms. The number of carbonyl (C=O) groups excluding carboxylic acids is 1. The number of nitrogens with one attached hydrogen (secondary N) is 2. The van der Waals surface area contributed by atoms with Crippen LogP contribution in [0.5, 0.6) is 17.2 Å². The molecule has 220 valence electrons. The Labute approximate surface area is 235 Å². The number of rotatable bonds is 6. The highest BCUT2D eigenvalue weighted by Gasteiger charge is 2.50. The summed E-state index contributed by atoms with van der Waals surface area (Å²) in [5.74, 6) is -0.689. The van der Waals surface area contributed by atoms with Gasteiger partial charge in [-0.3, -0.25) is 0 Å². The number of urea groups is 1. The molecule has 13 heteroatoms. The molecule has 4 rings (SSSR count). The molecular weight excluding hydrogens is 555 g/mol. The average Bonchev–Trinajstić information content (AvgIpc) is 3.25. The fourth-order valence-electron chi connectivity index (χ4n) is 5.52. The molecule has 0 bridgehead atoms. The number of alkyl halides is 3. The van der Waals surface area contributed by atoms with Gasteiger partial charge in [0.05, 0.1) is 27.0 Å². The molecule has 2 aromatic carbocycles. The first-order valence-electron chi connectivity index (χ1n) is 12.5. The predicted octanol–water partition coefficient (Wildman–Crippen LogP) is 5.32. The molecule has 1 aliphatic carbocycles. The Kier molecular flexibility index (Phi) is 10.0. The highest BCUT2D eigenvalue weighted by Crippen LogP contribution is 2.49. The zero-order chi connectivity index (χ0) is 29.7. The maximum atomic E-state index is 12.8. The third-order valence-electron chi connectivity index (χ3n) is 7.47. The molecule has 0 radical (unpaired) electrons. The van der Waals surface area contributed by atoms with Gasteiger partial charge in [-0.15, -0.1) is 0 Å². The zero-order valence-corrected chi connectivity index (χ0v) is 23.4. The van der Waals surface area contributed by atoms with Crippen LogP contribution in [0.3, 0.4) is 0 Å². The monoisotopic (exact) mass is 587 g/mol. The van der Waals surface area contributed by atoms with Gasteiger partial charge in [-0.2, -0.15) is 13.2 Å². The number of benzene rings is 2. The van der Waals surface area contributed by atoms with Crippen LogP contribution >= 0.6 is 11.6 Å². The quantitative estimate of drug-likeness (QED) is 0.420. The van der Waals surface area contributed by atoms with Crippen molar-refractivity contribution < 1.29 is 42.1 Å². The number of amides is 2. The van der Waals surface area contributed by atoms with Gasteiger partial charge in [0.2, 0.25) is 0 Å². The minimum atomic E-state index is -5.08. The molecule has 40 heavy (non-hydrogen) atoms. The summed E-state index contributed by atoms with van der Waals surface area (Å²) in [6, 6.07) is 11.6. The fourth-order valence-corrected chi connectivity index (χ4v) is 5.69. The smallest absolute Gasteiger partial charge is 0.490 e. The molecular formula is C27H33ClF3N3O6. The molecule has 1 saturated carbocycles. The number of halogens is 4. The van der Waals surface area contributed by atoms with E-state index in [0.717, 1.165) is 43.7 Å². The largest absolute Gasteiger partial charge is 0.495 e. The predicted molar refractivity (Wildman–Crippen MR) is 144 cm³/mol. The lowest BCUT2D eigenvalue weighted by atomic mass is 9.65. The lowest BCUT2D eigenvalue weighted by molar-refractivity contribution is -0.192. The Balaban J connectivity index is 0.000000559. The first kappa shape index (κ1) is 31.2. The molecule has 1 aliphatic heterocycles. The molecule has 9 nitrogen and oxygen atoms in total. The van der Waals surface area contributed by atoms with Crippen LogP contribution < -0.4 is 24.8 Å². The van der Waals surface area contributed by atoms with E-state index >= 15 is 0 Å². The molecule has 1 heterocycles. The van der Waals surface area contributed by atoms with Crippen molar-refractivity contribution in [2.24, 2.45) is 0 Å². The third-order valence-corrected chi connectivity index (χ3v) is 7.71. The van der Waals surface area contributed by atoms with E-state index in [-0.39, 0.29) is 17.5 Å². The minimum Gasteiger partial charge on any atom is -0.495 e. The van der Waals surface area contributed by atoms with Crippen molar-refractivity contribution in [3.63, 3.8) is 0 Å². The molecule has 3 atom stereocenters. The Hall–Kier alpha value is -3.38. The van der Waals surface area contributed by atoms with Gasteiger partial charge in [-0.05, 0) is 75.2 Å². The number of anilines is 1. The van der Waals surface area contributed by atoms with Crippen LogP contribution in [0.25, 0.3) is 0 Å². The fraction of sp³-hybridized carbons (Fsp3) is 0.481. The summed E-state index contributed by atoms with van der Waals surface area (Å²) in [6.45, 7) is 1.03. The second-order valence-electron chi connectivity index (χ2n) is 9.69. The van der Waals surface area contributed by atoms with Gasteiger partial charge >= 0.3 is 18.2 Å². The molecule has 2 fully saturated rings. The summed E-state index contributed by atoms with van der Waals surface area (Å²) < 4.78 is 48.1. The van der Waals surface area contributed by atoms with Crippen LogP contribution in [0, 0.1) is 0 Å². The van der Waals surface area contributed by atoms with Crippen molar-refractivity contribution in [2.75, 3.05) is 40.2 Å². The number of likely N-dealkylation sites (tertiary alicyclic amines) is 1. The molecule has 0 aromatic heterocycles. The van der Waals surface area contributed by atoms with Crippen LogP contribution in [-0.4, -0.2) is 75.2 Å². The van der Waals surface area contributed by atoms with Crippen molar-refractivity contribution in [2.45, 2.75) is 49.4 Å². The third kappa shape index (κ3) is 7.03. The van der Waals surface area contributed by atoms with Gasteiger partial charge in [0.1, 0.15) is 5.75 Å². The maximum absolute atomic E-state index is 12.8. The van der Waals surface area contributed by atoms with E-state index in [1.54, 1.807) is 39.5 Å². The summed E-state index contributed by atoms with van der Waals surface area (Å²) >= 11 is 6.09. The Morgan fingerprint density at radius 3 is 2.25 bits per heavy atom. The van der Waals surface area contributed by atoms with Gasteiger partial charge in [-0.1, -0.05) is 17.7 Å². The molecule has 2 aromatic rings. The first-order chi connectivity index (χ1) is 18.8. The Morgan fingerprint density at radius 1 is 1.02 bits per heavy atom. The van der Waals surface area contributed by atoms with Crippen LogP contribution in [-0.2, 0) is 10.2 Å². The van der Waals surface area contributed by atoms with Crippen LogP contribution in [0.15, 0.2) is 36.4 Å². The standard InChI is InChI=1S/C25H32ClN3O4.C2HF3O2/c1-29-12-11-25(16-5-7-21(32-3)22(13-16)33-4)10-9-18(15-23(25)29)27-24(30)28-19-14-17(26)6-8-20(19)31-2;3-2(4,5)1(6)7/h5-8,13-14,18,23H,9-12,15H2,1-4H3,(H2,27,28,30);(H,6,7). The first-order valence-corrected chi connectivity index (χ1v) is 12.9. The topological polar surface area (TPSA) is 109 Å². The molecule has 3 N–H and O–H groups in total. The van der Waals surface area contributed by atoms with E-state index in [1.807, 2.05) is 6.07 Å². The van der Waals surface area contributed by atoms with E-state index in [0.29, 0.717) is 22.5 Å². The number of hydrogen-bond donors (Lipinski definition) is 3. The zero-order valence-electron chi connectivity index (χ0n) is 22.6. The molecule has 1 saturated heterocycles. The number of carboxylic acids is 1. The van der Waals surface area contributed by atoms with Crippen molar-refractivity contribution in [3.05, 3.63) is 47.0 Å². The lowest BCUT2D eigenvalue weighted by Gasteiger charge is -2.45. The SMILES string of the molecule is COc1ccc(Cl)cc1NC(=O)NC1CCC2(c3ccc(OC)c(OC)c3)CCN(C)C2C1.O=C(O)C(F)(F)F. The summed E-state index contributed by atoms with van der Waals surface area (Å²) in [7, 11) is 7.07. The van der Waals surface area contributed by atoms with Gasteiger partial charge in [0, 0.05) is 22.5 Å². The van der Waals surface area contributed by atoms with Gasteiger partial charge in [0.15, 0.2) is 11.5 Å². The van der Waals surface area contributed by atoms with E-state index in [1.165, 1.54) is 5.56 Å². The van der Waals surface area contributed by atoms with E-state index in [2.05, 4.69) is 34.7 Å². The number of hydrogen-bond acceptors (Lipinski definition) is 6. The number of nitrogens with zero attached hydrogens (tertiary/aromatic N) is 1. The average molecular weight is 588 g/mol. The second kappa shape index (κ2) is 12.9. The lowest BCUT2D eigenvalue weighted by Crippen LogP contribution is -2.52. The van der Waals surface area contributed by atoms with Crippen LogP contribution in [0.2, 0.25) is 5.02 Å². The normalized spacial score (nSPS) is 22.3. The van der Waals surface area contributed by atoms with Crippen LogP contribution in [0.4, 0.5) is 23.7 Å². The van der Waals surface area contributed by atoms with Crippen molar-refractivity contribution in [3.8, 4) is 17.2 Å². The van der Waals surface area contributed by atoms with E-state index in [9.17, 15) is 18.0 Å². The Morgan fingerprint density at radius 2 is 1.65 bits per heavy atom. The van der Waals surface area contributed by atoms with Crippen molar-refractivity contribution >= 4 is 29.3 Å². The Bertz CT molecular complexity index is 1210. The van der Waals surface area contributed by atoms with Crippen LogP contribution in [0.1, 0.15) is 31.2 Å². The maximum Gasteiger partial charge on any atom is 0.490 e. The molecule has 2 amide bonds. The van der Waals surface area contributed by atoms with Crippen molar-refractivity contribution in [1.29, 1.82) is 0 Å². The summed E-state index contributed by atoms with van der Waals surface area (Å²) in [6.07, 6.45) is -1.23. The number of likely N-dealkylation sites (N-methyl/N-ethyl adjacent to an activating group) is 1. The molecule has 3 unspecified atom stereocenters. The number of methoxy groups -OCH3 is 3. The minimum absolute atomic E-state index is 0.0408. The van der Waals surface area contributed by atoms with E-state index in [4.69, 9.17) is 35.7 Å². The summed E-state index contributed by atoms with van der Waals surface area (Å²) in [5, 5.41) is 13.7. The van der Waals surface area contributed by atoms with Gasteiger partial charge < -0.3 is 34.9 Å². The number of fused-ring (bicyclic) bond motifs is 1. The second-order valence-corrected chi connectivity index (χ2v) is 10.1. The van der Waals surface area contributed by atoms with E-state index < -0.39 is 12.1 Å². The number of carbonyl (C=O) groups is 2. The van der Waals surface area contributed by atoms with Crippen molar-refractivity contribution in [1.82, 2.24) is 10.2 Å².